The van der Waals surface area contributed by atoms with Gasteiger partial charge in [0.05, 0.1) is 23.2 Å². The fourth-order valence-electron chi connectivity index (χ4n) is 1.76. The van der Waals surface area contributed by atoms with E-state index in [0.29, 0.717) is 10.7 Å². The Labute approximate surface area is 123 Å². The molecule has 0 saturated carbocycles. The second-order valence-electron chi connectivity index (χ2n) is 3.80. The fourth-order valence-corrected chi connectivity index (χ4v) is 2.52. The van der Waals surface area contributed by atoms with E-state index in [0.717, 1.165) is 15.7 Å². The Morgan fingerprint density at radius 2 is 2.21 bits per heavy atom. The second kappa shape index (κ2) is 5.11. The first-order valence-corrected chi connectivity index (χ1v) is 6.59. The van der Waals surface area contributed by atoms with Crippen LogP contribution in [0.1, 0.15) is 0 Å². The molecular formula is C13H7BrClN4. The Hall–Kier alpha value is -1.72. The van der Waals surface area contributed by atoms with Crippen molar-refractivity contribution in [2.75, 3.05) is 0 Å². The van der Waals surface area contributed by atoms with Gasteiger partial charge in [-0.05, 0) is 12.1 Å². The predicted molar refractivity (Wildman–Crippen MR) is 76.1 cm³/mol. The van der Waals surface area contributed by atoms with E-state index in [1.807, 2.05) is 29.0 Å². The summed E-state index contributed by atoms with van der Waals surface area (Å²) in [5, 5.41) is 0.614. The lowest BCUT2D eigenvalue weighted by Gasteiger charge is -2.09. The molecule has 93 valence electrons. The van der Waals surface area contributed by atoms with Crippen molar-refractivity contribution in [2.24, 2.45) is 0 Å². The lowest BCUT2D eigenvalue weighted by atomic mass is 10.1. The molecule has 0 saturated heterocycles. The Bertz CT molecular complexity index is 712. The number of nitrogens with zero attached hydrogens (tertiary/aromatic N) is 4. The van der Waals surface area contributed by atoms with Crippen molar-refractivity contribution in [3.8, 4) is 16.9 Å². The number of rotatable bonds is 2. The minimum absolute atomic E-state index is 0.614. The molecule has 0 fully saturated rings. The van der Waals surface area contributed by atoms with Crippen molar-refractivity contribution in [3.05, 3.63) is 58.9 Å². The molecule has 0 aliphatic rings. The van der Waals surface area contributed by atoms with Gasteiger partial charge in [0.25, 0.3) is 0 Å². The average molecular weight is 335 g/mol. The summed E-state index contributed by atoms with van der Waals surface area (Å²) >= 11 is 9.65. The Kier molecular flexibility index (Phi) is 3.31. The van der Waals surface area contributed by atoms with Crippen LogP contribution in [0, 0.1) is 6.33 Å². The third kappa shape index (κ3) is 2.39. The molecule has 3 rings (SSSR count). The van der Waals surface area contributed by atoms with Gasteiger partial charge in [-0.1, -0.05) is 33.6 Å². The molecule has 0 aliphatic carbocycles. The first-order chi connectivity index (χ1) is 9.25. The Balaban J connectivity index is 2.21. The Morgan fingerprint density at radius 1 is 1.32 bits per heavy atom. The predicted octanol–water partition coefficient (Wildman–Crippen LogP) is 3.55. The van der Waals surface area contributed by atoms with Crippen LogP contribution in [0.2, 0.25) is 5.02 Å². The van der Waals surface area contributed by atoms with E-state index in [1.165, 1.54) is 0 Å². The number of imidazole rings is 1. The lowest BCUT2D eigenvalue weighted by molar-refractivity contribution is 1.01. The van der Waals surface area contributed by atoms with E-state index < -0.39 is 0 Å². The summed E-state index contributed by atoms with van der Waals surface area (Å²) in [6.45, 7) is 0. The number of benzene rings is 1. The standard InChI is InChI=1S/C13H7BrClN4/c14-9-1-2-10(11(15)5-9)13-12(6-17-7-18-13)19-4-3-16-8-19/h1-6,8H. The SMILES string of the molecule is Clc1cc(Br)ccc1-c1n[c]ncc1-n1ccnc1. The van der Waals surface area contributed by atoms with Crippen LogP contribution in [0.5, 0.6) is 0 Å². The van der Waals surface area contributed by atoms with Gasteiger partial charge in [-0.2, -0.15) is 0 Å². The van der Waals surface area contributed by atoms with E-state index in [-0.39, 0.29) is 0 Å². The number of halogens is 2. The zero-order valence-electron chi connectivity index (χ0n) is 9.59. The van der Waals surface area contributed by atoms with Crippen molar-refractivity contribution >= 4 is 27.5 Å². The highest BCUT2D eigenvalue weighted by molar-refractivity contribution is 9.10. The van der Waals surface area contributed by atoms with Gasteiger partial charge in [0.15, 0.2) is 6.33 Å². The van der Waals surface area contributed by atoms with Crippen LogP contribution in [0.4, 0.5) is 0 Å². The van der Waals surface area contributed by atoms with Gasteiger partial charge in [0.1, 0.15) is 5.69 Å². The zero-order chi connectivity index (χ0) is 13.2. The van der Waals surface area contributed by atoms with Crippen molar-refractivity contribution in [2.45, 2.75) is 0 Å². The average Bonchev–Trinajstić information content (AvgIpc) is 2.93. The van der Waals surface area contributed by atoms with E-state index in [4.69, 9.17) is 11.6 Å². The van der Waals surface area contributed by atoms with Crippen molar-refractivity contribution in [1.29, 1.82) is 0 Å². The van der Waals surface area contributed by atoms with Crippen molar-refractivity contribution in [1.82, 2.24) is 19.5 Å². The molecule has 19 heavy (non-hydrogen) atoms. The first kappa shape index (κ1) is 12.3. The van der Waals surface area contributed by atoms with Crippen molar-refractivity contribution < 1.29 is 0 Å². The normalized spacial score (nSPS) is 10.6. The first-order valence-electron chi connectivity index (χ1n) is 5.42. The molecule has 0 aliphatic heterocycles. The molecule has 3 aromatic rings. The number of hydrogen-bond acceptors (Lipinski definition) is 3. The molecule has 2 heterocycles. The molecule has 0 N–H and O–H groups in total. The third-order valence-corrected chi connectivity index (χ3v) is 3.42. The topological polar surface area (TPSA) is 43.6 Å². The third-order valence-electron chi connectivity index (χ3n) is 2.62. The van der Waals surface area contributed by atoms with Crippen LogP contribution in [0.25, 0.3) is 16.9 Å². The second-order valence-corrected chi connectivity index (χ2v) is 5.12. The van der Waals surface area contributed by atoms with Gasteiger partial charge in [-0.3, -0.25) is 0 Å². The van der Waals surface area contributed by atoms with Crippen LogP contribution in [0.15, 0.2) is 47.6 Å². The number of hydrogen-bond donors (Lipinski definition) is 0. The molecule has 0 bridgehead atoms. The summed E-state index contributed by atoms with van der Waals surface area (Å²) in [6.07, 6.45) is 9.50. The molecule has 0 unspecified atom stereocenters. The maximum Gasteiger partial charge on any atom is 0.198 e. The van der Waals surface area contributed by atoms with Gasteiger partial charge < -0.3 is 4.57 Å². The molecule has 0 atom stereocenters. The molecule has 0 amide bonds. The van der Waals surface area contributed by atoms with Crippen molar-refractivity contribution in [3.63, 3.8) is 0 Å². The molecule has 0 spiro atoms. The summed E-state index contributed by atoms with van der Waals surface area (Å²) in [5.74, 6) is 0. The highest BCUT2D eigenvalue weighted by Gasteiger charge is 2.12. The van der Waals surface area contributed by atoms with E-state index >= 15 is 0 Å². The van der Waals surface area contributed by atoms with Crippen LogP contribution < -0.4 is 0 Å². The van der Waals surface area contributed by atoms with E-state index in [2.05, 4.69) is 37.2 Å². The monoisotopic (exact) mass is 333 g/mol. The minimum Gasteiger partial charge on any atom is -0.303 e. The van der Waals surface area contributed by atoms with E-state index in [9.17, 15) is 0 Å². The van der Waals surface area contributed by atoms with Crippen LogP contribution in [-0.4, -0.2) is 19.5 Å². The maximum atomic E-state index is 6.27. The largest absolute Gasteiger partial charge is 0.303 e. The van der Waals surface area contributed by atoms with Gasteiger partial charge in [-0.25, -0.2) is 15.0 Å². The molecular weight excluding hydrogens is 328 g/mol. The zero-order valence-corrected chi connectivity index (χ0v) is 11.9. The summed E-state index contributed by atoms with van der Waals surface area (Å²) in [7, 11) is 0. The van der Waals surface area contributed by atoms with Gasteiger partial charge in [0.2, 0.25) is 0 Å². The van der Waals surface area contributed by atoms with Crippen LogP contribution in [0.3, 0.4) is 0 Å². The highest BCUT2D eigenvalue weighted by atomic mass is 79.9. The highest BCUT2D eigenvalue weighted by Crippen LogP contribution is 2.32. The Morgan fingerprint density at radius 3 is 2.95 bits per heavy atom. The maximum absolute atomic E-state index is 6.27. The quantitative estimate of drug-likeness (QED) is 0.720. The van der Waals surface area contributed by atoms with Gasteiger partial charge in [0, 0.05) is 22.4 Å². The van der Waals surface area contributed by atoms with Gasteiger partial charge >= 0.3 is 0 Å². The summed E-state index contributed by atoms with van der Waals surface area (Å²) < 4.78 is 2.75. The summed E-state index contributed by atoms with van der Waals surface area (Å²) in [4.78, 5) is 12.2. The molecule has 2 aromatic heterocycles. The summed E-state index contributed by atoms with van der Waals surface area (Å²) in [5.41, 5.74) is 2.35. The van der Waals surface area contributed by atoms with Crippen LogP contribution in [-0.2, 0) is 0 Å². The lowest BCUT2D eigenvalue weighted by Crippen LogP contribution is -1.98. The smallest absolute Gasteiger partial charge is 0.198 e. The van der Waals surface area contributed by atoms with Crippen LogP contribution >= 0.6 is 27.5 Å². The van der Waals surface area contributed by atoms with E-state index in [1.54, 1.807) is 18.7 Å². The molecule has 6 heteroatoms. The molecule has 1 aromatic carbocycles. The molecule has 1 radical (unpaired) electrons. The summed E-state index contributed by atoms with van der Waals surface area (Å²) in [6, 6.07) is 5.65. The molecule has 4 nitrogen and oxygen atoms in total. The fraction of sp³-hybridized carbons (Fsp3) is 0. The van der Waals surface area contributed by atoms with Gasteiger partial charge in [-0.15, -0.1) is 0 Å². The number of aromatic nitrogens is 4. The minimum atomic E-state index is 0.614.